The molecule has 1 N–H and O–H groups in total. The average Bonchev–Trinajstić information content (AvgIpc) is 2.45. The van der Waals surface area contributed by atoms with Crippen molar-refractivity contribution >= 4 is 19.2 Å². The van der Waals surface area contributed by atoms with Crippen molar-refractivity contribution in [3.63, 3.8) is 0 Å². The topological polar surface area (TPSA) is 83.9 Å². The molecular formula is C9H16NO5P. The van der Waals surface area contributed by atoms with Crippen LogP contribution in [0.5, 0.6) is 0 Å². The van der Waals surface area contributed by atoms with Gasteiger partial charge in [-0.05, 0) is 6.42 Å². The summed E-state index contributed by atoms with van der Waals surface area (Å²) in [6, 6.07) is 0. The molecule has 1 fully saturated rings. The van der Waals surface area contributed by atoms with Gasteiger partial charge in [-0.15, -0.1) is 0 Å². The third-order valence-corrected chi connectivity index (χ3v) is 3.41. The molecule has 1 rings (SSSR count). The van der Waals surface area contributed by atoms with Crippen LogP contribution < -0.4 is 0 Å². The first-order chi connectivity index (χ1) is 7.31. The Morgan fingerprint density at radius 3 is 2.75 bits per heavy atom. The minimum atomic E-state index is -3.08. The van der Waals surface area contributed by atoms with E-state index in [1.807, 2.05) is 0 Å². The highest BCUT2D eigenvalue weighted by Crippen LogP contribution is 2.36. The van der Waals surface area contributed by atoms with Crippen LogP contribution in [0.25, 0.3) is 0 Å². The molecule has 0 aliphatic carbocycles. The normalized spacial score (nSPS) is 24.6. The van der Waals surface area contributed by atoms with Crippen LogP contribution in [0.2, 0.25) is 0 Å². The summed E-state index contributed by atoms with van der Waals surface area (Å²) in [4.78, 5) is 36.8. The Morgan fingerprint density at radius 2 is 2.31 bits per heavy atom. The first-order valence-corrected chi connectivity index (χ1v) is 7.39. The van der Waals surface area contributed by atoms with Gasteiger partial charge < -0.3 is 4.89 Å². The monoisotopic (exact) mass is 249 g/mol. The summed E-state index contributed by atoms with van der Waals surface area (Å²) in [6.07, 6.45) is 0.414. The Hall–Kier alpha value is -0.710. The van der Waals surface area contributed by atoms with Gasteiger partial charge in [0.25, 0.3) is 11.8 Å². The molecule has 0 aromatic rings. The van der Waals surface area contributed by atoms with Crippen molar-refractivity contribution in [1.82, 2.24) is 5.06 Å². The quantitative estimate of drug-likeness (QED) is 0.738. The fraction of sp³-hybridized carbons (Fsp3) is 0.778. The second-order valence-corrected chi connectivity index (χ2v) is 6.65. The highest BCUT2D eigenvalue weighted by molar-refractivity contribution is 7.57. The molecule has 0 bridgehead atoms. The van der Waals surface area contributed by atoms with E-state index >= 15 is 0 Å². The van der Waals surface area contributed by atoms with Crippen molar-refractivity contribution in [1.29, 1.82) is 0 Å². The Labute approximate surface area is 94.0 Å². The highest BCUT2D eigenvalue weighted by atomic mass is 31.2. The first-order valence-electron chi connectivity index (χ1n) is 5.10. The summed E-state index contributed by atoms with van der Waals surface area (Å²) in [5, 5.41) is 0.766. The number of hydrogen-bond acceptors (Lipinski definition) is 4. The molecule has 2 atom stereocenters. The highest BCUT2D eigenvalue weighted by Gasteiger charge is 2.34. The standard InChI is InChI=1S/C9H16NO5P/c1-7-6-15-10(9(7)12)8(11)4-3-5-16(2,13)14/h7H,3-6H2,1-2H3,(H,13,14). The zero-order valence-electron chi connectivity index (χ0n) is 9.38. The van der Waals surface area contributed by atoms with E-state index in [4.69, 9.17) is 9.73 Å². The number of amides is 2. The molecule has 2 unspecified atom stereocenters. The molecule has 0 spiro atoms. The lowest BCUT2D eigenvalue weighted by Crippen LogP contribution is -2.32. The molecule has 1 heterocycles. The number of carbonyl (C=O) groups is 2. The summed E-state index contributed by atoms with van der Waals surface area (Å²) < 4.78 is 11.0. The predicted octanol–water partition coefficient (Wildman–Crippen LogP) is 0.603. The molecule has 1 saturated heterocycles. The van der Waals surface area contributed by atoms with Gasteiger partial charge in [-0.2, -0.15) is 5.06 Å². The average molecular weight is 249 g/mol. The number of imide groups is 1. The lowest BCUT2D eigenvalue weighted by Gasteiger charge is -2.12. The summed E-state index contributed by atoms with van der Waals surface area (Å²) in [6.45, 7) is 3.15. The maximum absolute atomic E-state index is 11.5. The van der Waals surface area contributed by atoms with E-state index in [1.165, 1.54) is 6.66 Å². The Balaban J connectivity index is 2.36. The summed E-state index contributed by atoms with van der Waals surface area (Å²) in [5.41, 5.74) is 0. The van der Waals surface area contributed by atoms with Crippen LogP contribution in [0.3, 0.4) is 0 Å². The van der Waals surface area contributed by atoms with Gasteiger partial charge in [-0.1, -0.05) is 6.92 Å². The summed E-state index contributed by atoms with van der Waals surface area (Å²) in [5.74, 6) is -1.07. The van der Waals surface area contributed by atoms with E-state index in [1.54, 1.807) is 6.92 Å². The van der Waals surface area contributed by atoms with Crippen LogP contribution in [0.15, 0.2) is 0 Å². The lowest BCUT2D eigenvalue weighted by molar-refractivity contribution is -0.178. The van der Waals surface area contributed by atoms with Crippen LogP contribution in [-0.2, 0) is 19.0 Å². The van der Waals surface area contributed by atoms with Gasteiger partial charge in [0.15, 0.2) is 7.37 Å². The van der Waals surface area contributed by atoms with E-state index in [2.05, 4.69) is 0 Å². The summed E-state index contributed by atoms with van der Waals surface area (Å²) in [7, 11) is -3.08. The van der Waals surface area contributed by atoms with Gasteiger partial charge in [-0.25, -0.2) is 0 Å². The van der Waals surface area contributed by atoms with Crippen molar-refractivity contribution in [3.05, 3.63) is 0 Å². The molecule has 7 heteroatoms. The van der Waals surface area contributed by atoms with Crippen LogP contribution in [0.1, 0.15) is 19.8 Å². The van der Waals surface area contributed by atoms with E-state index in [-0.39, 0.29) is 37.4 Å². The molecule has 6 nitrogen and oxygen atoms in total. The zero-order chi connectivity index (χ0) is 12.3. The Bertz CT molecular complexity index is 337. The number of hydroxylamine groups is 2. The maximum Gasteiger partial charge on any atom is 0.258 e. The SMILES string of the molecule is CC1CON(C(=O)CCCP(C)(=O)O)C1=O. The zero-order valence-corrected chi connectivity index (χ0v) is 10.3. The minimum absolute atomic E-state index is 0.0524. The Kier molecular flexibility index (Phi) is 4.24. The molecule has 2 amide bonds. The van der Waals surface area contributed by atoms with E-state index in [0.717, 1.165) is 5.06 Å². The van der Waals surface area contributed by atoms with Gasteiger partial charge in [0.2, 0.25) is 0 Å². The van der Waals surface area contributed by atoms with Crippen molar-refractivity contribution in [3.8, 4) is 0 Å². The van der Waals surface area contributed by atoms with Crippen molar-refractivity contribution in [2.24, 2.45) is 5.92 Å². The predicted molar refractivity (Wildman–Crippen MR) is 56.8 cm³/mol. The smallest absolute Gasteiger partial charge is 0.258 e. The fourth-order valence-electron chi connectivity index (χ4n) is 1.34. The second kappa shape index (κ2) is 5.08. The maximum atomic E-state index is 11.5. The van der Waals surface area contributed by atoms with E-state index in [0.29, 0.717) is 0 Å². The third-order valence-electron chi connectivity index (χ3n) is 2.27. The van der Waals surface area contributed by atoms with Gasteiger partial charge >= 0.3 is 0 Å². The minimum Gasteiger partial charge on any atom is -0.344 e. The van der Waals surface area contributed by atoms with E-state index in [9.17, 15) is 14.2 Å². The van der Waals surface area contributed by atoms with Crippen molar-refractivity contribution in [2.75, 3.05) is 19.4 Å². The van der Waals surface area contributed by atoms with Crippen LogP contribution >= 0.6 is 7.37 Å². The van der Waals surface area contributed by atoms with Gasteiger partial charge in [0.05, 0.1) is 12.5 Å². The third kappa shape index (κ3) is 3.70. The lowest BCUT2D eigenvalue weighted by atomic mass is 10.2. The molecule has 0 radical (unpaired) electrons. The van der Waals surface area contributed by atoms with Gasteiger partial charge in [0.1, 0.15) is 0 Å². The largest absolute Gasteiger partial charge is 0.344 e. The molecular weight excluding hydrogens is 233 g/mol. The van der Waals surface area contributed by atoms with Crippen molar-refractivity contribution < 1.29 is 23.9 Å². The van der Waals surface area contributed by atoms with Gasteiger partial charge in [0, 0.05) is 19.2 Å². The first kappa shape index (κ1) is 13.4. The Morgan fingerprint density at radius 1 is 1.69 bits per heavy atom. The van der Waals surface area contributed by atoms with Crippen molar-refractivity contribution in [2.45, 2.75) is 19.8 Å². The molecule has 1 aliphatic heterocycles. The number of rotatable bonds is 4. The number of nitrogens with zero attached hydrogens (tertiary/aromatic N) is 1. The molecule has 0 saturated carbocycles. The van der Waals surface area contributed by atoms with Crippen LogP contribution in [0, 0.1) is 5.92 Å². The molecule has 92 valence electrons. The fourth-order valence-corrected chi connectivity index (χ4v) is 2.09. The number of hydrogen-bond donors (Lipinski definition) is 1. The van der Waals surface area contributed by atoms with Gasteiger partial charge in [-0.3, -0.25) is 19.0 Å². The summed E-state index contributed by atoms with van der Waals surface area (Å²) >= 11 is 0. The van der Waals surface area contributed by atoms with Crippen LogP contribution in [-0.4, -0.2) is 41.2 Å². The molecule has 0 aromatic heterocycles. The van der Waals surface area contributed by atoms with Crippen LogP contribution in [0.4, 0.5) is 0 Å². The number of carbonyl (C=O) groups excluding carboxylic acids is 2. The molecule has 0 aromatic carbocycles. The molecule has 1 aliphatic rings. The van der Waals surface area contributed by atoms with E-state index < -0.39 is 13.3 Å². The second-order valence-electron chi connectivity index (χ2n) is 4.10. The molecule has 16 heavy (non-hydrogen) atoms.